The minimum absolute atomic E-state index is 0.00841. The summed E-state index contributed by atoms with van der Waals surface area (Å²) >= 11 is 0. The van der Waals surface area contributed by atoms with E-state index in [1.165, 1.54) is 6.20 Å². The molecule has 1 N–H and O–H groups in total. The van der Waals surface area contributed by atoms with Crippen molar-refractivity contribution in [2.24, 2.45) is 0 Å². The van der Waals surface area contributed by atoms with Gasteiger partial charge in [-0.1, -0.05) is 17.3 Å². The van der Waals surface area contributed by atoms with Crippen LogP contribution >= 0.6 is 0 Å². The zero-order valence-electron chi connectivity index (χ0n) is 11.4. The summed E-state index contributed by atoms with van der Waals surface area (Å²) in [6.07, 6.45) is 3.41. The van der Waals surface area contributed by atoms with Gasteiger partial charge in [0.2, 0.25) is 0 Å². The summed E-state index contributed by atoms with van der Waals surface area (Å²) < 4.78 is 10.4. The molecule has 0 radical (unpaired) electrons. The minimum atomic E-state index is 0.00841. The quantitative estimate of drug-likeness (QED) is 0.792. The molecule has 0 spiro atoms. The Morgan fingerprint density at radius 1 is 1.29 bits per heavy atom. The highest BCUT2D eigenvalue weighted by Crippen LogP contribution is 2.26. The van der Waals surface area contributed by atoms with Gasteiger partial charge < -0.3 is 14.4 Å². The molecule has 0 amide bonds. The normalized spacial score (nSPS) is 10.5. The lowest BCUT2D eigenvalue weighted by atomic mass is 10.1. The molecule has 21 heavy (non-hydrogen) atoms. The standard InChI is InChI=1S/C15H13N3O3/c1-20-11-4-2-3-10(7-11)8-14-17-15(21-18-14)12-5-6-16-9-13(12)19/h2-7,9,19H,8H2,1H3. The van der Waals surface area contributed by atoms with Crippen molar-refractivity contribution in [2.45, 2.75) is 6.42 Å². The number of aromatic nitrogens is 3. The molecule has 6 nitrogen and oxygen atoms in total. The van der Waals surface area contributed by atoms with E-state index in [1.54, 1.807) is 19.4 Å². The van der Waals surface area contributed by atoms with Crippen molar-refractivity contribution in [2.75, 3.05) is 7.11 Å². The molecule has 0 unspecified atom stereocenters. The number of nitrogens with zero attached hydrogens (tertiary/aromatic N) is 3. The minimum Gasteiger partial charge on any atom is -0.505 e. The van der Waals surface area contributed by atoms with Gasteiger partial charge in [0, 0.05) is 12.6 Å². The van der Waals surface area contributed by atoms with Gasteiger partial charge >= 0.3 is 0 Å². The molecule has 2 aromatic heterocycles. The molecule has 3 rings (SSSR count). The van der Waals surface area contributed by atoms with E-state index in [-0.39, 0.29) is 11.6 Å². The van der Waals surface area contributed by atoms with E-state index in [2.05, 4.69) is 15.1 Å². The van der Waals surface area contributed by atoms with Gasteiger partial charge in [-0.3, -0.25) is 4.98 Å². The van der Waals surface area contributed by atoms with E-state index >= 15 is 0 Å². The molecule has 0 saturated carbocycles. The maximum atomic E-state index is 9.72. The van der Waals surface area contributed by atoms with Gasteiger partial charge in [-0.25, -0.2) is 0 Å². The van der Waals surface area contributed by atoms with Crippen LogP contribution in [0.2, 0.25) is 0 Å². The number of pyridine rings is 1. The first kappa shape index (κ1) is 13.1. The summed E-state index contributed by atoms with van der Waals surface area (Å²) in [4.78, 5) is 8.10. The Morgan fingerprint density at radius 2 is 2.19 bits per heavy atom. The van der Waals surface area contributed by atoms with Crippen LogP contribution in [0.25, 0.3) is 11.5 Å². The van der Waals surface area contributed by atoms with Crippen LogP contribution in [0, 0.1) is 0 Å². The second-order valence-corrected chi connectivity index (χ2v) is 4.44. The number of aromatic hydroxyl groups is 1. The third kappa shape index (κ3) is 2.84. The highest BCUT2D eigenvalue weighted by molar-refractivity contribution is 5.60. The van der Waals surface area contributed by atoms with Gasteiger partial charge in [-0.2, -0.15) is 4.98 Å². The number of ether oxygens (including phenoxy) is 1. The molecule has 106 valence electrons. The van der Waals surface area contributed by atoms with E-state index in [0.717, 1.165) is 11.3 Å². The zero-order chi connectivity index (χ0) is 14.7. The summed E-state index contributed by atoms with van der Waals surface area (Å²) in [7, 11) is 1.62. The Bertz CT molecular complexity index is 755. The lowest BCUT2D eigenvalue weighted by Crippen LogP contribution is -1.92. The molecule has 1 aromatic carbocycles. The number of hydrogen-bond donors (Lipinski definition) is 1. The Morgan fingerprint density at radius 3 is 3.00 bits per heavy atom. The molecule has 2 heterocycles. The number of hydrogen-bond acceptors (Lipinski definition) is 6. The summed E-state index contributed by atoms with van der Waals surface area (Å²) in [5.74, 6) is 1.60. The van der Waals surface area contributed by atoms with Gasteiger partial charge in [0.05, 0.1) is 18.9 Å². The zero-order valence-corrected chi connectivity index (χ0v) is 11.4. The third-order valence-corrected chi connectivity index (χ3v) is 2.99. The average Bonchev–Trinajstić information content (AvgIpc) is 2.96. The van der Waals surface area contributed by atoms with Crippen molar-refractivity contribution in [3.63, 3.8) is 0 Å². The topological polar surface area (TPSA) is 81.3 Å². The van der Waals surface area contributed by atoms with Gasteiger partial charge in [0.1, 0.15) is 11.5 Å². The molecule has 3 aromatic rings. The molecule has 0 aliphatic carbocycles. The van der Waals surface area contributed by atoms with Crippen LogP contribution in [0.3, 0.4) is 0 Å². The second-order valence-electron chi connectivity index (χ2n) is 4.44. The van der Waals surface area contributed by atoms with Crippen LogP contribution < -0.4 is 4.74 Å². The van der Waals surface area contributed by atoms with E-state index in [0.29, 0.717) is 17.8 Å². The van der Waals surface area contributed by atoms with Crippen molar-refractivity contribution in [3.05, 3.63) is 54.1 Å². The molecule has 0 aliphatic heterocycles. The third-order valence-electron chi connectivity index (χ3n) is 2.99. The first-order valence-electron chi connectivity index (χ1n) is 6.35. The fraction of sp³-hybridized carbons (Fsp3) is 0.133. The highest BCUT2D eigenvalue weighted by Gasteiger charge is 2.13. The van der Waals surface area contributed by atoms with Gasteiger partial charge in [-0.15, -0.1) is 0 Å². The smallest absolute Gasteiger partial charge is 0.261 e. The first-order valence-corrected chi connectivity index (χ1v) is 6.35. The van der Waals surface area contributed by atoms with Crippen LogP contribution in [0.15, 0.2) is 47.2 Å². The monoisotopic (exact) mass is 283 g/mol. The van der Waals surface area contributed by atoms with Crippen molar-refractivity contribution in [3.8, 4) is 23.0 Å². The van der Waals surface area contributed by atoms with Crippen molar-refractivity contribution >= 4 is 0 Å². The fourth-order valence-corrected chi connectivity index (χ4v) is 1.97. The molecule has 0 bridgehead atoms. The summed E-state index contributed by atoms with van der Waals surface area (Å²) in [6, 6.07) is 9.28. The van der Waals surface area contributed by atoms with Crippen molar-refractivity contribution in [1.82, 2.24) is 15.1 Å². The fourth-order valence-electron chi connectivity index (χ4n) is 1.97. The Kier molecular flexibility index (Phi) is 3.51. The molecule has 0 fully saturated rings. The predicted molar refractivity (Wildman–Crippen MR) is 75.0 cm³/mol. The molecular formula is C15H13N3O3. The van der Waals surface area contributed by atoms with Crippen LogP contribution in [0.1, 0.15) is 11.4 Å². The van der Waals surface area contributed by atoms with Gasteiger partial charge in [0.25, 0.3) is 5.89 Å². The molecule has 0 saturated heterocycles. The number of benzene rings is 1. The van der Waals surface area contributed by atoms with Gasteiger partial charge in [0.15, 0.2) is 5.82 Å². The summed E-state index contributed by atoms with van der Waals surface area (Å²) in [5, 5.41) is 13.7. The largest absolute Gasteiger partial charge is 0.505 e. The van der Waals surface area contributed by atoms with Crippen LogP contribution in [-0.2, 0) is 6.42 Å². The highest BCUT2D eigenvalue weighted by atomic mass is 16.5. The maximum Gasteiger partial charge on any atom is 0.261 e. The van der Waals surface area contributed by atoms with E-state index < -0.39 is 0 Å². The summed E-state index contributed by atoms with van der Waals surface area (Å²) in [5.41, 5.74) is 1.48. The number of methoxy groups -OCH3 is 1. The summed E-state index contributed by atoms with van der Waals surface area (Å²) in [6.45, 7) is 0. The van der Waals surface area contributed by atoms with E-state index in [4.69, 9.17) is 9.26 Å². The first-order chi connectivity index (χ1) is 10.3. The molecular weight excluding hydrogens is 270 g/mol. The Balaban J connectivity index is 1.84. The van der Waals surface area contributed by atoms with Gasteiger partial charge in [-0.05, 0) is 23.8 Å². The molecule has 0 atom stereocenters. The second kappa shape index (κ2) is 5.62. The van der Waals surface area contributed by atoms with Crippen LogP contribution in [0.4, 0.5) is 0 Å². The van der Waals surface area contributed by atoms with Crippen molar-refractivity contribution in [1.29, 1.82) is 0 Å². The number of rotatable bonds is 4. The van der Waals surface area contributed by atoms with Crippen molar-refractivity contribution < 1.29 is 14.4 Å². The van der Waals surface area contributed by atoms with E-state index in [1.807, 2.05) is 24.3 Å². The average molecular weight is 283 g/mol. The lowest BCUT2D eigenvalue weighted by Gasteiger charge is -2.01. The Labute approximate surface area is 121 Å². The SMILES string of the molecule is COc1cccc(Cc2noc(-c3ccncc3O)n2)c1. The van der Waals surface area contributed by atoms with E-state index in [9.17, 15) is 5.11 Å². The molecule has 6 heteroatoms. The maximum absolute atomic E-state index is 9.72. The van der Waals surface area contributed by atoms with Crippen LogP contribution in [0.5, 0.6) is 11.5 Å². The molecule has 0 aliphatic rings. The predicted octanol–water partition coefficient (Wildman–Crippen LogP) is 2.44. The van der Waals surface area contributed by atoms with Crippen LogP contribution in [-0.4, -0.2) is 27.3 Å². The Hall–Kier alpha value is -2.89. The lowest BCUT2D eigenvalue weighted by molar-refractivity contribution is 0.413.